The van der Waals surface area contributed by atoms with Crippen molar-refractivity contribution in [2.45, 2.75) is 13.0 Å². The zero-order valence-corrected chi connectivity index (χ0v) is 18.8. The van der Waals surface area contributed by atoms with Crippen LogP contribution < -0.4 is 15.2 Å². The molecule has 1 N–H and O–H groups in total. The summed E-state index contributed by atoms with van der Waals surface area (Å²) in [6.45, 7) is 1.63. The molecule has 4 rings (SSSR count). The Morgan fingerprint density at radius 2 is 1.88 bits per heavy atom. The number of ether oxygens (including phenoxy) is 1. The highest BCUT2D eigenvalue weighted by atomic mass is 35.5. The van der Waals surface area contributed by atoms with Crippen molar-refractivity contribution in [1.82, 2.24) is 9.55 Å². The first-order valence-electron chi connectivity index (χ1n) is 9.97. The molecule has 3 aromatic rings. The predicted octanol–water partition coefficient (Wildman–Crippen LogP) is 3.53. The molecule has 2 aromatic heterocycles. The number of hydrogen-bond acceptors (Lipinski definition) is 6. The zero-order valence-electron chi connectivity index (χ0n) is 18.1. The third kappa shape index (κ3) is 3.78. The van der Waals surface area contributed by atoms with E-state index < -0.39 is 29.1 Å². The first-order valence-corrected chi connectivity index (χ1v) is 10.4. The van der Waals surface area contributed by atoms with Gasteiger partial charge >= 0.3 is 0 Å². The highest BCUT2D eigenvalue weighted by Gasteiger charge is 2.45. The van der Waals surface area contributed by atoms with Gasteiger partial charge in [-0.1, -0.05) is 23.7 Å². The number of rotatable bonds is 5. The molecule has 0 saturated carbocycles. The van der Waals surface area contributed by atoms with Gasteiger partial charge in [0.05, 0.1) is 18.4 Å². The number of carbonyl (C=O) groups excluding carboxylic acids is 2. The van der Waals surface area contributed by atoms with Crippen LogP contribution in [0.2, 0.25) is 5.02 Å². The minimum Gasteiger partial charge on any atom is -0.509 e. The molecule has 0 radical (unpaired) electrons. The lowest BCUT2D eigenvalue weighted by Gasteiger charge is -2.26. The second-order valence-corrected chi connectivity index (χ2v) is 8.01. The number of ketones is 1. The summed E-state index contributed by atoms with van der Waals surface area (Å²) in [4.78, 5) is 44.5. The molecule has 33 heavy (non-hydrogen) atoms. The van der Waals surface area contributed by atoms with Crippen molar-refractivity contribution in [3.63, 3.8) is 0 Å². The van der Waals surface area contributed by atoms with E-state index in [2.05, 4.69) is 4.98 Å². The SMILES string of the molecule is COc1ncccc1C(=O)C1=C(O)C(c2ccc(Cl)cc2)N(c2cc(C)c(=O)n(C)c2)C1=O. The van der Waals surface area contributed by atoms with Crippen molar-refractivity contribution in [1.29, 1.82) is 0 Å². The van der Waals surface area contributed by atoms with Crippen LogP contribution in [-0.2, 0) is 11.8 Å². The molecule has 168 valence electrons. The molecule has 3 heterocycles. The molecule has 1 aromatic carbocycles. The maximum Gasteiger partial charge on any atom is 0.266 e. The Hall–Kier alpha value is -3.91. The van der Waals surface area contributed by atoms with Crippen molar-refractivity contribution in [3.8, 4) is 5.88 Å². The van der Waals surface area contributed by atoms with E-state index in [1.807, 2.05) is 0 Å². The van der Waals surface area contributed by atoms with E-state index in [4.69, 9.17) is 16.3 Å². The molecule has 0 saturated heterocycles. The van der Waals surface area contributed by atoms with Crippen molar-refractivity contribution in [2.75, 3.05) is 12.0 Å². The lowest BCUT2D eigenvalue weighted by Crippen LogP contribution is -2.33. The second kappa shape index (κ2) is 8.55. The number of halogens is 1. The molecule has 0 bridgehead atoms. The Balaban J connectivity index is 1.91. The normalized spacial score (nSPS) is 15.8. The summed E-state index contributed by atoms with van der Waals surface area (Å²) in [5.74, 6) is -1.80. The number of Topliss-reactive ketones (excluding diaryl/α,β-unsaturated/α-hetero) is 1. The maximum absolute atomic E-state index is 13.6. The summed E-state index contributed by atoms with van der Waals surface area (Å²) in [6.07, 6.45) is 2.94. The molecule has 0 aliphatic carbocycles. The van der Waals surface area contributed by atoms with Crippen LogP contribution in [0.25, 0.3) is 0 Å². The van der Waals surface area contributed by atoms with Gasteiger partial charge in [-0.2, -0.15) is 0 Å². The summed E-state index contributed by atoms with van der Waals surface area (Å²) < 4.78 is 6.51. The van der Waals surface area contributed by atoms with E-state index in [9.17, 15) is 19.5 Å². The summed E-state index contributed by atoms with van der Waals surface area (Å²) in [6, 6.07) is 10.1. The average Bonchev–Trinajstić information content (AvgIpc) is 3.07. The largest absolute Gasteiger partial charge is 0.509 e. The molecular weight excluding hydrogens is 446 g/mol. The number of anilines is 1. The minimum absolute atomic E-state index is 0.0371. The molecule has 1 unspecified atom stereocenters. The number of aromatic nitrogens is 2. The summed E-state index contributed by atoms with van der Waals surface area (Å²) >= 11 is 6.02. The van der Waals surface area contributed by atoms with Gasteiger partial charge < -0.3 is 14.4 Å². The van der Waals surface area contributed by atoms with Gasteiger partial charge in [-0.15, -0.1) is 0 Å². The van der Waals surface area contributed by atoms with Gasteiger partial charge in [0.25, 0.3) is 11.5 Å². The van der Waals surface area contributed by atoms with E-state index in [1.54, 1.807) is 44.3 Å². The van der Waals surface area contributed by atoms with Crippen LogP contribution in [0.4, 0.5) is 5.69 Å². The quantitative estimate of drug-likeness (QED) is 0.457. The number of methoxy groups -OCH3 is 1. The third-order valence-electron chi connectivity index (χ3n) is 5.45. The Kier molecular flexibility index (Phi) is 5.78. The van der Waals surface area contributed by atoms with E-state index >= 15 is 0 Å². The molecular formula is C24H20ClN3O5. The van der Waals surface area contributed by atoms with Gasteiger partial charge in [0, 0.05) is 30.0 Å². The maximum atomic E-state index is 13.6. The van der Waals surface area contributed by atoms with Crippen LogP contribution in [0.15, 0.2) is 71.0 Å². The Bertz CT molecular complexity index is 1340. The molecule has 8 nitrogen and oxygen atoms in total. The molecule has 0 fully saturated rings. The fourth-order valence-electron chi connectivity index (χ4n) is 3.89. The van der Waals surface area contributed by atoms with Crippen LogP contribution in [-0.4, -0.2) is 33.5 Å². The number of benzene rings is 1. The minimum atomic E-state index is -0.992. The lowest BCUT2D eigenvalue weighted by atomic mass is 10.0. The van der Waals surface area contributed by atoms with E-state index in [0.29, 0.717) is 21.8 Å². The van der Waals surface area contributed by atoms with E-state index in [0.717, 1.165) is 0 Å². The number of aliphatic hydroxyl groups is 1. The summed E-state index contributed by atoms with van der Waals surface area (Å²) in [5.41, 5.74) is 0.730. The third-order valence-corrected chi connectivity index (χ3v) is 5.71. The van der Waals surface area contributed by atoms with Gasteiger partial charge in [-0.05, 0) is 42.8 Å². The molecule has 0 spiro atoms. The van der Waals surface area contributed by atoms with Crippen LogP contribution >= 0.6 is 11.6 Å². The number of aliphatic hydroxyl groups excluding tert-OH is 1. The Labute approximate surface area is 194 Å². The van der Waals surface area contributed by atoms with Crippen LogP contribution in [0.1, 0.15) is 27.5 Å². The average molecular weight is 466 g/mol. The number of amides is 1. The molecule has 9 heteroatoms. The van der Waals surface area contributed by atoms with Gasteiger partial charge in [-0.25, -0.2) is 4.98 Å². The highest BCUT2D eigenvalue weighted by Crippen LogP contribution is 2.41. The van der Waals surface area contributed by atoms with Gasteiger partial charge in [-0.3, -0.25) is 19.3 Å². The van der Waals surface area contributed by atoms with Crippen LogP contribution in [0.3, 0.4) is 0 Å². The van der Waals surface area contributed by atoms with Crippen molar-refractivity contribution < 1.29 is 19.4 Å². The number of aryl methyl sites for hydroxylation is 2. The van der Waals surface area contributed by atoms with Crippen molar-refractivity contribution in [3.05, 3.63) is 98.3 Å². The Morgan fingerprint density at radius 3 is 2.52 bits per heavy atom. The standard InChI is InChI=1S/C24H20ClN3O5/c1-13-11-16(12-27(2)23(13)31)28-19(14-6-8-15(25)9-7-14)21(30)18(24(28)32)20(29)17-5-4-10-26-22(17)33-3/h4-12,19,30H,1-3H3. The number of nitrogens with zero attached hydrogens (tertiary/aromatic N) is 3. The van der Waals surface area contributed by atoms with E-state index in [1.165, 1.54) is 41.1 Å². The first kappa shape index (κ1) is 22.3. The Morgan fingerprint density at radius 1 is 1.18 bits per heavy atom. The van der Waals surface area contributed by atoms with Crippen LogP contribution in [0.5, 0.6) is 5.88 Å². The van der Waals surface area contributed by atoms with Crippen LogP contribution in [0, 0.1) is 6.92 Å². The number of pyridine rings is 2. The van der Waals surface area contributed by atoms with Crippen molar-refractivity contribution >= 4 is 29.0 Å². The molecule has 1 atom stereocenters. The monoisotopic (exact) mass is 465 g/mol. The lowest BCUT2D eigenvalue weighted by molar-refractivity contribution is -0.114. The molecule has 1 aliphatic heterocycles. The van der Waals surface area contributed by atoms with E-state index in [-0.39, 0.29) is 17.0 Å². The fraction of sp³-hybridized carbons (Fsp3) is 0.167. The molecule has 1 aliphatic rings. The number of hydrogen-bond donors (Lipinski definition) is 1. The highest BCUT2D eigenvalue weighted by molar-refractivity contribution is 6.32. The van der Waals surface area contributed by atoms with Gasteiger partial charge in [0.2, 0.25) is 11.7 Å². The van der Waals surface area contributed by atoms with Gasteiger partial charge in [0.1, 0.15) is 17.4 Å². The summed E-state index contributed by atoms with van der Waals surface area (Å²) in [7, 11) is 2.93. The second-order valence-electron chi connectivity index (χ2n) is 7.58. The predicted molar refractivity (Wildman–Crippen MR) is 123 cm³/mol. The number of carbonyl (C=O) groups is 2. The topological polar surface area (TPSA) is 102 Å². The smallest absolute Gasteiger partial charge is 0.266 e. The van der Waals surface area contributed by atoms with Crippen molar-refractivity contribution in [2.24, 2.45) is 7.05 Å². The summed E-state index contributed by atoms with van der Waals surface area (Å²) in [5, 5.41) is 11.7. The molecule has 1 amide bonds. The van der Waals surface area contributed by atoms with Gasteiger partial charge in [0.15, 0.2) is 0 Å². The zero-order chi connectivity index (χ0) is 23.9. The first-order chi connectivity index (χ1) is 15.7. The fourth-order valence-corrected chi connectivity index (χ4v) is 4.01.